The van der Waals surface area contributed by atoms with E-state index in [1.165, 1.54) is 0 Å². The molecule has 0 rings (SSSR count). The lowest BCUT2D eigenvalue weighted by Gasteiger charge is -1.97. The van der Waals surface area contributed by atoms with Gasteiger partial charge in [0.15, 0.2) is 0 Å². The van der Waals surface area contributed by atoms with Crippen LogP contribution in [0.5, 0.6) is 0 Å². The zero-order chi connectivity index (χ0) is 7.11. The predicted octanol–water partition coefficient (Wildman–Crippen LogP) is 0.296. The number of aliphatic hydroxyl groups excluding tert-OH is 1. The van der Waals surface area contributed by atoms with Crippen molar-refractivity contribution in [2.24, 2.45) is 0 Å². The van der Waals surface area contributed by atoms with Gasteiger partial charge in [-0.05, 0) is 6.92 Å². The SMILES string of the molecule is C/C=C\CO/C=C(\[O-])O. The molecule has 0 saturated heterocycles. The van der Waals surface area contributed by atoms with Crippen LogP contribution in [0.3, 0.4) is 0 Å². The van der Waals surface area contributed by atoms with E-state index in [-0.39, 0.29) is 0 Å². The van der Waals surface area contributed by atoms with Gasteiger partial charge in [0.1, 0.15) is 12.9 Å². The molecule has 0 radical (unpaired) electrons. The van der Waals surface area contributed by atoms with Crippen molar-refractivity contribution in [3.63, 3.8) is 0 Å². The highest BCUT2D eigenvalue weighted by Crippen LogP contribution is 1.80. The monoisotopic (exact) mass is 129 g/mol. The number of rotatable bonds is 3. The fourth-order valence-electron chi connectivity index (χ4n) is 0.271. The largest absolute Gasteiger partial charge is 0.627 e. The standard InChI is InChI=1S/C6H10O3/c1-2-3-4-9-5-6(7)8/h2-3,5,7-8H,4H2,1H3/p-1/b3-2-. The minimum atomic E-state index is -1.06. The summed E-state index contributed by atoms with van der Waals surface area (Å²) in [6.07, 6.45) is 4.27. The van der Waals surface area contributed by atoms with Crippen LogP contribution in [0.1, 0.15) is 6.92 Å². The third kappa shape index (κ3) is 6.88. The maximum Gasteiger partial charge on any atom is 0.106 e. The summed E-state index contributed by atoms with van der Waals surface area (Å²) in [5, 5.41) is 17.8. The van der Waals surface area contributed by atoms with E-state index in [0.29, 0.717) is 6.61 Å². The minimum Gasteiger partial charge on any atom is -0.627 e. The molecule has 9 heavy (non-hydrogen) atoms. The highest BCUT2D eigenvalue weighted by atomic mass is 16.5. The molecule has 3 heteroatoms. The average Bonchev–Trinajstić information content (AvgIpc) is 1.80. The predicted molar refractivity (Wildman–Crippen MR) is 31.5 cm³/mol. The molecule has 1 N–H and O–H groups in total. The van der Waals surface area contributed by atoms with Crippen molar-refractivity contribution in [3.8, 4) is 0 Å². The maximum atomic E-state index is 9.76. The Morgan fingerprint density at radius 1 is 1.78 bits per heavy atom. The van der Waals surface area contributed by atoms with Gasteiger partial charge in [-0.1, -0.05) is 12.2 Å². The zero-order valence-corrected chi connectivity index (χ0v) is 5.20. The molecule has 0 heterocycles. The first-order valence-corrected chi connectivity index (χ1v) is 2.56. The Balaban J connectivity index is 3.20. The first-order valence-electron chi connectivity index (χ1n) is 2.56. The van der Waals surface area contributed by atoms with Crippen LogP contribution >= 0.6 is 0 Å². The van der Waals surface area contributed by atoms with Crippen LogP contribution in [0, 0.1) is 0 Å². The van der Waals surface area contributed by atoms with Crippen molar-refractivity contribution in [3.05, 3.63) is 24.4 Å². The number of ether oxygens (including phenoxy) is 1. The fourth-order valence-corrected chi connectivity index (χ4v) is 0.271. The first-order chi connectivity index (χ1) is 4.27. The molecule has 0 aromatic rings. The normalized spacial score (nSPS) is 12.3. The molecule has 3 nitrogen and oxygen atoms in total. The van der Waals surface area contributed by atoms with Gasteiger partial charge >= 0.3 is 0 Å². The summed E-state index contributed by atoms with van der Waals surface area (Å²) in [7, 11) is 0. The van der Waals surface area contributed by atoms with Crippen LogP contribution in [0.15, 0.2) is 24.4 Å². The van der Waals surface area contributed by atoms with E-state index in [9.17, 15) is 5.11 Å². The summed E-state index contributed by atoms with van der Waals surface area (Å²) < 4.78 is 4.52. The lowest BCUT2D eigenvalue weighted by molar-refractivity contribution is -0.351. The number of hydrogen-bond acceptors (Lipinski definition) is 3. The van der Waals surface area contributed by atoms with Crippen molar-refractivity contribution >= 4 is 0 Å². The Labute approximate surface area is 53.9 Å². The molecule has 0 spiro atoms. The van der Waals surface area contributed by atoms with Gasteiger partial charge in [0.05, 0.1) is 5.95 Å². The van der Waals surface area contributed by atoms with Crippen molar-refractivity contribution in [1.29, 1.82) is 0 Å². The molecule has 0 aromatic carbocycles. The summed E-state index contributed by atoms with van der Waals surface area (Å²) in [5.41, 5.74) is 0. The van der Waals surface area contributed by atoms with E-state index in [1.807, 2.05) is 6.92 Å². The molecule has 0 atom stereocenters. The van der Waals surface area contributed by atoms with E-state index in [0.717, 1.165) is 6.26 Å². The molecule has 52 valence electrons. The molecule has 0 aromatic heterocycles. The molecular weight excluding hydrogens is 120 g/mol. The van der Waals surface area contributed by atoms with Crippen molar-refractivity contribution in [2.75, 3.05) is 6.61 Å². The summed E-state index contributed by atoms with van der Waals surface area (Å²) in [5.74, 6) is -1.06. The smallest absolute Gasteiger partial charge is 0.106 e. The Hall–Kier alpha value is -1.12. The van der Waals surface area contributed by atoms with Gasteiger partial charge < -0.3 is 14.9 Å². The Kier molecular flexibility index (Phi) is 4.40. The molecular formula is C6H9O3-. The Morgan fingerprint density at radius 2 is 2.44 bits per heavy atom. The van der Waals surface area contributed by atoms with Crippen LogP contribution in [0.4, 0.5) is 0 Å². The Morgan fingerprint density at radius 3 is 2.89 bits per heavy atom. The molecule has 0 aliphatic rings. The van der Waals surface area contributed by atoms with E-state index in [4.69, 9.17) is 5.11 Å². The molecule has 0 bridgehead atoms. The van der Waals surface area contributed by atoms with E-state index in [1.54, 1.807) is 12.2 Å². The van der Waals surface area contributed by atoms with Gasteiger partial charge in [-0.25, -0.2) is 0 Å². The highest BCUT2D eigenvalue weighted by Gasteiger charge is 1.72. The molecule has 0 saturated carbocycles. The van der Waals surface area contributed by atoms with Crippen molar-refractivity contribution in [1.82, 2.24) is 0 Å². The molecule has 0 unspecified atom stereocenters. The van der Waals surface area contributed by atoms with Gasteiger partial charge in [-0.3, -0.25) is 0 Å². The van der Waals surface area contributed by atoms with E-state index < -0.39 is 5.95 Å². The maximum absolute atomic E-state index is 9.76. The molecule has 0 aliphatic heterocycles. The third-order valence-electron chi connectivity index (χ3n) is 0.612. The van der Waals surface area contributed by atoms with Crippen LogP contribution < -0.4 is 5.11 Å². The van der Waals surface area contributed by atoms with Gasteiger partial charge in [0, 0.05) is 0 Å². The first kappa shape index (κ1) is 7.88. The van der Waals surface area contributed by atoms with Gasteiger partial charge in [-0.2, -0.15) is 0 Å². The summed E-state index contributed by atoms with van der Waals surface area (Å²) >= 11 is 0. The average molecular weight is 129 g/mol. The number of hydrogen-bond donors (Lipinski definition) is 1. The highest BCUT2D eigenvalue weighted by molar-refractivity contribution is 4.78. The summed E-state index contributed by atoms with van der Waals surface area (Å²) in [6.45, 7) is 2.16. The third-order valence-corrected chi connectivity index (χ3v) is 0.612. The van der Waals surface area contributed by atoms with Crippen molar-refractivity contribution in [2.45, 2.75) is 6.92 Å². The summed E-state index contributed by atoms with van der Waals surface area (Å²) in [4.78, 5) is 0. The van der Waals surface area contributed by atoms with Gasteiger partial charge in [0.2, 0.25) is 0 Å². The van der Waals surface area contributed by atoms with Gasteiger partial charge in [0.25, 0.3) is 0 Å². The van der Waals surface area contributed by atoms with Crippen molar-refractivity contribution < 1.29 is 14.9 Å². The van der Waals surface area contributed by atoms with Crippen LogP contribution in [-0.4, -0.2) is 11.7 Å². The lowest BCUT2D eigenvalue weighted by Crippen LogP contribution is -2.01. The summed E-state index contributed by atoms with van der Waals surface area (Å²) in [6, 6.07) is 0. The molecule has 0 fully saturated rings. The Bertz CT molecular complexity index is 111. The number of aliphatic hydroxyl groups is 1. The van der Waals surface area contributed by atoms with Crippen LogP contribution in [0.25, 0.3) is 0 Å². The molecule has 0 aliphatic carbocycles. The molecule has 0 amide bonds. The van der Waals surface area contributed by atoms with E-state index in [2.05, 4.69) is 4.74 Å². The van der Waals surface area contributed by atoms with E-state index >= 15 is 0 Å². The fraction of sp³-hybridized carbons (Fsp3) is 0.333. The zero-order valence-electron chi connectivity index (χ0n) is 5.20. The van der Waals surface area contributed by atoms with Crippen LogP contribution in [0.2, 0.25) is 0 Å². The second-order valence-electron chi connectivity index (χ2n) is 1.36. The van der Waals surface area contributed by atoms with Crippen LogP contribution in [-0.2, 0) is 4.74 Å². The number of allylic oxidation sites excluding steroid dienone is 1. The second kappa shape index (κ2) is 5.03. The second-order valence-corrected chi connectivity index (χ2v) is 1.36. The minimum absolute atomic E-state index is 0.322. The topological polar surface area (TPSA) is 52.5 Å². The van der Waals surface area contributed by atoms with Gasteiger partial charge in [-0.15, -0.1) is 0 Å². The quantitative estimate of drug-likeness (QED) is 0.338. The lowest BCUT2D eigenvalue weighted by atomic mass is 10.6.